The maximum Gasteiger partial charge on any atom is 0.0178 e. The average molecular weight is 237 g/mol. The normalized spacial score (nSPS) is 13.7. The molecule has 0 spiro atoms. The third-order valence-corrected chi connectivity index (χ3v) is 3.94. The quantitative estimate of drug-likeness (QED) is 0.848. The van der Waals surface area contributed by atoms with E-state index in [1.165, 1.54) is 52.6 Å². The lowest BCUT2D eigenvalue weighted by Crippen LogP contribution is -1.97. The van der Waals surface area contributed by atoms with Crippen LogP contribution >= 0.6 is 0 Å². The first-order valence-electron chi connectivity index (χ1n) is 6.69. The van der Waals surface area contributed by atoms with Crippen LogP contribution in [0.5, 0.6) is 0 Å². The standard InChI is InChI=1S/C17H19N/c1-12-9-13(11-18)5-8-17(12)16-7-6-14-3-2-4-15(14)10-16/h5-10H,2-4,11,18H2,1H3. The molecule has 0 aliphatic heterocycles. The highest BCUT2D eigenvalue weighted by molar-refractivity contribution is 5.69. The van der Waals surface area contributed by atoms with Crippen LogP contribution in [0.25, 0.3) is 11.1 Å². The van der Waals surface area contributed by atoms with Gasteiger partial charge in [0.05, 0.1) is 0 Å². The molecule has 1 aliphatic rings. The molecular formula is C17H19N. The highest BCUT2D eigenvalue weighted by Gasteiger charge is 2.12. The lowest BCUT2D eigenvalue weighted by Gasteiger charge is -2.10. The average Bonchev–Trinajstić information content (AvgIpc) is 2.85. The minimum atomic E-state index is 0.616. The summed E-state index contributed by atoms with van der Waals surface area (Å²) in [7, 11) is 0. The molecule has 0 radical (unpaired) electrons. The molecule has 0 bridgehead atoms. The van der Waals surface area contributed by atoms with Gasteiger partial charge in [-0.2, -0.15) is 0 Å². The van der Waals surface area contributed by atoms with Gasteiger partial charge in [-0.3, -0.25) is 0 Å². The van der Waals surface area contributed by atoms with E-state index >= 15 is 0 Å². The van der Waals surface area contributed by atoms with Crippen molar-refractivity contribution in [2.75, 3.05) is 0 Å². The van der Waals surface area contributed by atoms with Crippen LogP contribution < -0.4 is 5.73 Å². The Bertz CT molecular complexity index is 584. The van der Waals surface area contributed by atoms with Gasteiger partial charge in [0.25, 0.3) is 0 Å². The number of rotatable bonds is 2. The summed E-state index contributed by atoms with van der Waals surface area (Å²) in [5.74, 6) is 0. The van der Waals surface area contributed by atoms with E-state index in [0.717, 1.165) is 0 Å². The monoisotopic (exact) mass is 237 g/mol. The van der Waals surface area contributed by atoms with E-state index in [2.05, 4.69) is 43.3 Å². The van der Waals surface area contributed by atoms with Crippen LogP contribution in [-0.2, 0) is 19.4 Å². The minimum Gasteiger partial charge on any atom is -0.326 e. The number of hydrogen-bond donors (Lipinski definition) is 1. The van der Waals surface area contributed by atoms with Gasteiger partial charge in [-0.25, -0.2) is 0 Å². The summed E-state index contributed by atoms with van der Waals surface area (Å²) < 4.78 is 0. The number of nitrogens with two attached hydrogens (primary N) is 1. The molecule has 2 aromatic carbocycles. The second-order valence-corrected chi connectivity index (χ2v) is 5.19. The molecule has 92 valence electrons. The van der Waals surface area contributed by atoms with Crippen LogP contribution in [0.15, 0.2) is 36.4 Å². The van der Waals surface area contributed by atoms with Crippen molar-refractivity contribution in [3.63, 3.8) is 0 Å². The zero-order valence-corrected chi connectivity index (χ0v) is 10.9. The molecule has 0 fully saturated rings. The van der Waals surface area contributed by atoms with Gasteiger partial charge in [-0.1, -0.05) is 36.4 Å². The summed E-state index contributed by atoms with van der Waals surface area (Å²) >= 11 is 0. The Kier molecular flexibility index (Phi) is 2.92. The maximum absolute atomic E-state index is 5.68. The number of benzene rings is 2. The Labute approximate surface area is 109 Å². The van der Waals surface area contributed by atoms with Gasteiger partial charge in [0.15, 0.2) is 0 Å². The summed E-state index contributed by atoms with van der Waals surface area (Å²) in [5, 5.41) is 0. The third kappa shape index (κ3) is 1.95. The fraction of sp³-hybridized carbons (Fsp3) is 0.294. The Balaban J connectivity index is 2.04. The van der Waals surface area contributed by atoms with Gasteiger partial charge in [0, 0.05) is 6.54 Å². The molecule has 1 aliphatic carbocycles. The summed E-state index contributed by atoms with van der Waals surface area (Å²) in [6.45, 7) is 2.78. The third-order valence-electron chi connectivity index (χ3n) is 3.94. The molecule has 1 nitrogen and oxygen atoms in total. The topological polar surface area (TPSA) is 26.0 Å². The Morgan fingerprint density at radius 1 is 1.00 bits per heavy atom. The Morgan fingerprint density at radius 2 is 1.83 bits per heavy atom. The Morgan fingerprint density at radius 3 is 2.61 bits per heavy atom. The van der Waals surface area contributed by atoms with E-state index in [4.69, 9.17) is 5.73 Å². The fourth-order valence-corrected chi connectivity index (χ4v) is 2.92. The smallest absolute Gasteiger partial charge is 0.0178 e. The summed E-state index contributed by atoms with van der Waals surface area (Å²) in [6, 6.07) is 13.5. The van der Waals surface area contributed by atoms with Crippen LogP contribution in [-0.4, -0.2) is 0 Å². The fourth-order valence-electron chi connectivity index (χ4n) is 2.92. The molecule has 0 atom stereocenters. The van der Waals surface area contributed by atoms with Crippen LogP contribution in [0.4, 0.5) is 0 Å². The van der Waals surface area contributed by atoms with Crippen LogP contribution in [0.1, 0.15) is 28.7 Å². The van der Waals surface area contributed by atoms with Crippen molar-refractivity contribution < 1.29 is 0 Å². The molecule has 0 heterocycles. The van der Waals surface area contributed by atoms with Gasteiger partial charge < -0.3 is 5.73 Å². The molecule has 0 saturated carbocycles. The SMILES string of the molecule is Cc1cc(CN)ccc1-c1ccc2c(c1)CCC2. The summed E-state index contributed by atoms with van der Waals surface area (Å²) in [4.78, 5) is 0. The zero-order chi connectivity index (χ0) is 12.5. The first-order chi connectivity index (χ1) is 8.78. The van der Waals surface area contributed by atoms with E-state index in [1.807, 2.05) is 0 Å². The highest BCUT2D eigenvalue weighted by Crippen LogP contribution is 2.30. The molecule has 0 amide bonds. The lowest BCUT2D eigenvalue weighted by atomic mass is 9.96. The van der Waals surface area contributed by atoms with Gasteiger partial charge in [-0.15, -0.1) is 0 Å². The highest BCUT2D eigenvalue weighted by atomic mass is 14.5. The largest absolute Gasteiger partial charge is 0.326 e. The van der Waals surface area contributed by atoms with Crippen LogP contribution in [0, 0.1) is 6.92 Å². The molecule has 0 aromatic heterocycles. The van der Waals surface area contributed by atoms with Crippen molar-refractivity contribution in [1.82, 2.24) is 0 Å². The summed E-state index contributed by atoms with van der Waals surface area (Å²) in [5.41, 5.74) is 14.0. The summed E-state index contributed by atoms with van der Waals surface area (Å²) in [6.07, 6.45) is 3.80. The van der Waals surface area contributed by atoms with Crippen molar-refractivity contribution >= 4 is 0 Å². The second-order valence-electron chi connectivity index (χ2n) is 5.19. The lowest BCUT2D eigenvalue weighted by molar-refractivity contribution is 0.912. The molecule has 3 rings (SSSR count). The molecule has 0 unspecified atom stereocenters. The number of fused-ring (bicyclic) bond motifs is 1. The predicted octanol–water partition coefficient (Wildman–Crippen LogP) is 3.61. The molecule has 2 aromatic rings. The van der Waals surface area contributed by atoms with Crippen LogP contribution in [0.3, 0.4) is 0 Å². The van der Waals surface area contributed by atoms with E-state index in [-0.39, 0.29) is 0 Å². The van der Waals surface area contributed by atoms with E-state index in [0.29, 0.717) is 6.54 Å². The molecule has 0 saturated heterocycles. The van der Waals surface area contributed by atoms with E-state index in [1.54, 1.807) is 0 Å². The predicted molar refractivity (Wildman–Crippen MR) is 76.5 cm³/mol. The molecule has 1 heteroatoms. The maximum atomic E-state index is 5.68. The first-order valence-corrected chi connectivity index (χ1v) is 6.69. The van der Waals surface area contributed by atoms with Crippen molar-refractivity contribution in [3.8, 4) is 11.1 Å². The van der Waals surface area contributed by atoms with E-state index in [9.17, 15) is 0 Å². The Hall–Kier alpha value is -1.60. The van der Waals surface area contributed by atoms with Crippen molar-refractivity contribution in [2.45, 2.75) is 32.7 Å². The van der Waals surface area contributed by atoms with Gasteiger partial charge >= 0.3 is 0 Å². The molecule has 18 heavy (non-hydrogen) atoms. The van der Waals surface area contributed by atoms with E-state index < -0.39 is 0 Å². The first kappa shape index (κ1) is 11.5. The van der Waals surface area contributed by atoms with Crippen LogP contribution in [0.2, 0.25) is 0 Å². The van der Waals surface area contributed by atoms with Crippen molar-refractivity contribution in [3.05, 3.63) is 58.7 Å². The molecule has 2 N–H and O–H groups in total. The van der Waals surface area contributed by atoms with Crippen molar-refractivity contribution in [2.24, 2.45) is 5.73 Å². The number of aryl methyl sites for hydroxylation is 3. The van der Waals surface area contributed by atoms with Gasteiger partial charge in [0.1, 0.15) is 0 Å². The number of hydrogen-bond acceptors (Lipinski definition) is 1. The van der Waals surface area contributed by atoms with Gasteiger partial charge in [0.2, 0.25) is 0 Å². The minimum absolute atomic E-state index is 0.616. The molecular weight excluding hydrogens is 218 g/mol. The van der Waals surface area contributed by atoms with Gasteiger partial charge in [-0.05, 0) is 59.6 Å². The zero-order valence-electron chi connectivity index (χ0n) is 10.9. The van der Waals surface area contributed by atoms with Crippen molar-refractivity contribution in [1.29, 1.82) is 0 Å². The second kappa shape index (κ2) is 4.58.